The number of para-hydroxylation sites is 2. The summed E-state index contributed by atoms with van der Waals surface area (Å²) in [5.74, 6) is 5.39. The number of anilines is 10. The summed E-state index contributed by atoms with van der Waals surface area (Å²) in [5, 5.41) is 44.7. The first-order valence-corrected chi connectivity index (χ1v) is 22.4. The van der Waals surface area contributed by atoms with Gasteiger partial charge < -0.3 is 51.9 Å². The minimum absolute atomic E-state index is 0.0453. The summed E-state index contributed by atoms with van der Waals surface area (Å²) in [4.78, 5) is 46.3. The Kier molecular flexibility index (Phi) is 17.8. The third-order valence-electron chi connectivity index (χ3n) is 9.19. The maximum absolute atomic E-state index is 12.8. The molecule has 0 aliphatic carbocycles. The van der Waals surface area contributed by atoms with Crippen LogP contribution in [0.1, 0.15) is 17.5 Å². The molecule has 0 saturated carbocycles. The fourth-order valence-electron chi connectivity index (χ4n) is 6.12. The summed E-state index contributed by atoms with van der Waals surface area (Å²) >= 11 is 0.619. The normalized spacial score (nSPS) is 11.2. The van der Waals surface area contributed by atoms with Gasteiger partial charge in [0.2, 0.25) is 41.6 Å². The number of aromatic nitrogens is 6. The summed E-state index contributed by atoms with van der Waals surface area (Å²) in [7, 11) is -4.85. The highest BCUT2D eigenvalue weighted by atomic mass is 32.2. The maximum Gasteiger partial charge on any atom is 0.295 e. The molecule has 4 aromatic carbocycles. The van der Waals surface area contributed by atoms with E-state index in [0.717, 1.165) is 0 Å². The van der Waals surface area contributed by atoms with Crippen LogP contribution in [-0.4, -0.2) is 104 Å². The zero-order chi connectivity index (χ0) is 48.5. The Morgan fingerprint density at radius 2 is 1.18 bits per heavy atom. The van der Waals surface area contributed by atoms with Gasteiger partial charge in [0.05, 0.1) is 31.8 Å². The number of hydrogen-bond acceptors (Lipinski definition) is 23. The van der Waals surface area contributed by atoms with E-state index in [9.17, 15) is 28.0 Å². The SMILES string of the molecule is C=C(CN(CCO)c1nc(Nc2ccccc2)nc(Nc2ccc(C=Cc3ccc(Nc4nc(Nc5ccccc5)nc(N(CCO)CCC(N)=O)n4)cc3S(=O)(=O)O)c(SOOO)c2)n1)ON. The molecule has 0 unspecified atom stereocenters. The van der Waals surface area contributed by atoms with E-state index in [-0.39, 0.29) is 98.5 Å². The second kappa shape index (κ2) is 24.3. The van der Waals surface area contributed by atoms with Crippen molar-refractivity contribution in [2.24, 2.45) is 11.6 Å². The molecule has 0 spiro atoms. The van der Waals surface area contributed by atoms with Gasteiger partial charge in [-0.3, -0.25) is 9.35 Å². The smallest absolute Gasteiger partial charge is 0.295 e. The highest BCUT2D eigenvalue weighted by Crippen LogP contribution is 2.32. The van der Waals surface area contributed by atoms with Gasteiger partial charge in [-0.05, 0) is 59.7 Å². The van der Waals surface area contributed by atoms with Crippen molar-refractivity contribution in [2.75, 3.05) is 70.5 Å². The average molecular weight is 971 g/mol. The number of nitrogens with one attached hydrogen (secondary N) is 4. The number of carbonyl (C=O) groups excluding carboxylic acids is 1. The molecule has 24 nitrogen and oxygen atoms in total. The van der Waals surface area contributed by atoms with Crippen LogP contribution in [0.15, 0.2) is 119 Å². The summed E-state index contributed by atoms with van der Waals surface area (Å²) in [5.41, 5.74) is 7.80. The number of carbonyl (C=O) groups is 1. The van der Waals surface area contributed by atoms with E-state index in [2.05, 4.69) is 62.8 Å². The second-order valence-corrected chi connectivity index (χ2v) is 16.2. The number of nitrogens with zero attached hydrogens (tertiary/aromatic N) is 8. The van der Waals surface area contributed by atoms with Gasteiger partial charge in [-0.15, -0.1) is 4.33 Å². The molecule has 0 aliphatic rings. The largest absolute Gasteiger partial charge is 0.415 e. The Morgan fingerprint density at radius 3 is 1.68 bits per heavy atom. The third kappa shape index (κ3) is 14.7. The lowest BCUT2D eigenvalue weighted by Gasteiger charge is -2.22. The maximum atomic E-state index is 12.8. The summed E-state index contributed by atoms with van der Waals surface area (Å²) in [6.45, 7) is 3.48. The van der Waals surface area contributed by atoms with Crippen LogP contribution in [0.2, 0.25) is 0 Å². The van der Waals surface area contributed by atoms with Gasteiger partial charge in [0.15, 0.2) is 0 Å². The van der Waals surface area contributed by atoms with E-state index < -0.39 is 20.9 Å². The van der Waals surface area contributed by atoms with Crippen molar-refractivity contribution in [3.8, 4) is 0 Å². The Balaban J connectivity index is 1.30. The highest BCUT2D eigenvalue weighted by Gasteiger charge is 2.20. The quantitative estimate of drug-likeness (QED) is 0.00875. The van der Waals surface area contributed by atoms with Crippen molar-refractivity contribution in [3.05, 3.63) is 121 Å². The van der Waals surface area contributed by atoms with Gasteiger partial charge in [-0.2, -0.15) is 44.2 Å². The number of amides is 1. The first-order valence-electron chi connectivity index (χ1n) is 20.2. The molecule has 0 aliphatic heterocycles. The monoisotopic (exact) mass is 970 g/mol. The molecule has 2 aromatic heterocycles. The van der Waals surface area contributed by atoms with Crippen molar-refractivity contribution in [3.63, 3.8) is 0 Å². The van der Waals surface area contributed by atoms with Crippen molar-refractivity contribution < 1.29 is 47.4 Å². The molecule has 0 bridgehead atoms. The van der Waals surface area contributed by atoms with Crippen LogP contribution in [0, 0.1) is 0 Å². The summed E-state index contributed by atoms with van der Waals surface area (Å²) in [6.07, 6.45) is 2.91. The molecule has 356 valence electrons. The van der Waals surface area contributed by atoms with E-state index in [0.29, 0.717) is 39.6 Å². The molecular formula is C42H46N14O10S2. The van der Waals surface area contributed by atoms with E-state index in [1.54, 1.807) is 47.4 Å². The number of hydrogen-bond donors (Lipinski definition) is 10. The molecule has 0 atom stereocenters. The molecular weight excluding hydrogens is 925 g/mol. The predicted molar refractivity (Wildman–Crippen MR) is 255 cm³/mol. The Hall–Kier alpha value is -7.53. The number of nitrogens with two attached hydrogens (primary N) is 2. The van der Waals surface area contributed by atoms with E-state index >= 15 is 0 Å². The molecule has 1 amide bonds. The third-order valence-corrected chi connectivity index (χ3v) is 10.8. The molecule has 0 fully saturated rings. The molecule has 6 rings (SSSR count). The molecule has 12 N–H and O–H groups in total. The van der Waals surface area contributed by atoms with Gasteiger partial charge in [0, 0.05) is 53.7 Å². The second-order valence-electron chi connectivity index (χ2n) is 14.1. The number of benzene rings is 4. The molecule has 26 heteroatoms. The van der Waals surface area contributed by atoms with Crippen molar-refractivity contribution in [1.29, 1.82) is 0 Å². The first kappa shape index (κ1) is 49.9. The van der Waals surface area contributed by atoms with E-state index in [4.69, 9.17) is 26.1 Å². The van der Waals surface area contributed by atoms with Crippen molar-refractivity contribution >= 4 is 98.7 Å². The van der Waals surface area contributed by atoms with E-state index in [1.807, 2.05) is 36.4 Å². The minimum atomic E-state index is -4.85. The van der Waals surface area contributed by atoms with Gasteiger partial charge in [-0.1, -0.05) is 72.3 Å². The van der Waals surface area contributed by atoms with Crippen LogP contribution in [-0.2, 0) is 29.1 Å². The number of aliphatic hydroxyl groups is 2. The van der Waals surface area contributed by atoms with Crippen LogP contribution in [0.4, 0.5) is 58.4 Å². The van der Waals surface area contributed by atoms with Crippen LogP contribution >= 0.6 is 12.0 Å². The fraction of sp³-hybridized carbons (Fsp3) is 0.167. The lowest BCUT2D eigenvalue weighted by atomic mass is 10.1. The number of rotatable bonds is 26. The molecule has 0 saturated heterocycles. The fourth-order valence-corrected chi connectivity index (χ4v) is 7.34. The first-order chi connectivity index (χ1) is 32.8. The topological polar surface area (TPSA) is 344 Å². The number of primary amides is 1. The Labute approximate surface area is 393 Å². The number of aliphatic hydroxyl groups excluding tert-OH is 2. The lowest BCUT2D eigenvalue weighted by molar-refractivity contribution is -0.432. The van der Waals surface area contributed by atoms with Crippen LogP contribution < -0.4 is 42.7 Å². The van der Waals surface area contributed by atoms with Crippen LogP contribution in [0.5, 0.6) is 0 Å². The van der Waals surface area contributed by atoms with Crippen LogP contribution in [0.25, 0.3) is 12.2 Å². The zero-order valence-corrected chi connectivity index (χ0v) is 37.5. The zero-order valence-electron chi connectivity index (χ0n) is 35.8. The Bertz CT molecular complexity index is 2800. The van der Waals surface area contributed by atoms with Crippen molar-refractivity contribution in [1.82, 2.24) is 29.9 Å². The average Bonchev–Trinajstić information content (AvgIpc) is 3.32. The van der Waals surface area contributed by atoms with Gasteiger partial charge in [0.1, 0.15) is 10.7 Å². The van der Waals surface area contributed by atoms with Gasteiger partial charge in [0.25, 0.3) is 10.1 Å². The molecule has 2 heterocycles. The molecule has 68 heavy (non-hydrogen) atoms. The van der Waals surface area contributed by atoms with E-state index in [1.165, 1.54) is 35.3 Å². The van der Waals surface area contributed by atoms with Crippen LogP contribution in [0.3, 0.4) is 0 Å². The highest BCUT2D eigenvalue weighted by molar-refractivity contribution is 7.94. The predicted octanol–water partition coefficient (Wildman–Crippen LogP) is 4.75. The lowest BCUT2D eigenvalue weighted by Crippen LogP contribution is -2.32. The standard InChI is InChI=1S/C42H46N14O10S2/c1-27(64-44)26-56(21-23-58)42-53-38(46-31-10-6-3-7-11-31)50-39(54-42)47-32-16-14-28(34(24-32)67-66-65-60)12-13-29-15-17-33(25-35(29)68(61,62)63)48-40-49-37(45-30-8-4-2-5-9-30)51-41(52-40)55(20-22-57)19-18-36(43)59/h2-17,24-25,57-58,60H,1,18-23,26,44H2,(H2,43,59)(H,61,62,63)(H2,45,48,49,51,52)(H2,46,47,50,53,54). The minimum Gasteiger partial charge on any atom is -0.415 e. The Morgan fingerprint density at radius 1 is 0.691 bits per heavy atom. The summed E-state index contributed by atoms with van der Waals surface area (Å²) in [6, 6.07) is 27.2. The van der Waals surface area contributed by atoms with Gasteiger partial charge in [-0.25, -0.2) is 5.26 Å². The molecule has 6 aromatic rings. The van der Waals surface area contributed by atoms with Crippen molar-refractivity contribution in [2.45, 2.75) is 16.2 Å². The molecule has 0 radical (unpaired) electrons. The summed E-state index contributed by atoms with van der Waals surface area (Å²) < 4.78 is 40.9. The van der Waals surface area contributed by atoms with Gasteiger partial charge >= 0.3 is 0 Å².